The van der Waals surface area contributed by atoms with Crippen LogP contribution in [0.25, 0.3) is 0 Å². The molecule has 0 amide bonds. The Kier molecular flexibility index (Phi) is 4.09. The van der Waals surface area contributed by atoms with Gasteiger partial charge in [-0.25, -0.2) is 9.37 Å². The first-order chi connectivity index (χ1) is 8.70. The summed E-state index contributed by atoms with van der Waals surface area (Å²) in [5.41, 5.74) is 5.47. The number of nitrogen functional groups attached to an aromatic ring is 1. The summed E-state index contributed by atoms with van der Waals surface area (Å²) < 4.78 is 13.6. The Balaban J connectivity index is 2.21. The number of nitrogens with two attached hydrogens (primary N) is 1. The molecule has 0 bridgehead atoms. The van der Waals surface area contributed by atoms with E-state index in [1.165, 1.54) is 0 Å². The number of nitrogens with zero attached hydrogens (tertiary/aromatic N) is 2. The van der Waals surface area contributed by atoms with E-state index in [1.54, 1.807) is 11.3 Å². The molecule has 2 aromatic rings. The van der Waals surface area contributed by atoms with Crippen LogP contribution >= 0.6 is 11.3 Å². The molecular formula is C12H15FN4S. The molecule has 0 aliphatic heterocycles. The molecule has 96 valence electrons. The van der Waals surface area contributed by atoms with Gasteiger partial charge in [0, 0.05) is 4.88 Å². The Hall–Kier alpha value is -1.69. The fraction of sp³-hybridized carbons (Fsp3) is 0.333. The van der Waals surface area contributed by atoms with Crippen LogP contribution in [-0.2, 0) is 0 Å². The Morgan fingerprint density at radius 3 is 3.06 bits per heavy atom. The van der Waals surface area contributed by atoms with E-state index >= 15 is 0 Å². The quantitative estimate of drug-likeness (QED) is 0.872. The number of hydrogen-bond donors (Lipinski definition) is 2. The second-order valence-electron chi connectivity index (χ2n) is 3.93. The molecular weight excluding hydrogens is 251 g/mol. The van der Waals surface area contributed by atoms with Crippen molar-refractivity contribution < 1.29 is 4.39 Å². The summed E-state index contributed by atoms with van der Waals surface area (Å²) in [6, 6.07) is 4.06. The summed E-state index contributed by atoms with van der Waals surface area (Å²) in [7, 11) is 0. The maximum absolute atomic E-state index is 13.6. The van der Waals surface area contributed by atoms with Gasteiger partial charge in [-0.05, 0) is 17.9 Å². The van der Waals surface area contributed by atoms with Crippen LogP contribution in [0.2, 0.25) is 0 Å². The van der Waals surface area contributed by atoms with Gasteiger partial charge in [0.15, 0.2) is 11.6 Å². The molecule has 0 aliphatic carbocycles. The molecule has 0 fully saturated rings. The highest BCUT2D eigenvalue weighted by Crippen LogP contribution is 2.27. The van der Waals surface area contributed by atoms with Crippen LogP contribution in [0.1, 0.15) is 30.7 Å². The Bertz CT molecular complexity index is 501. The summed E-state index contributed by atoms with van der Waals surface area (Å²) in [6.45, 7) is 2.09. The first-order valence-electron chi connectivity index (χ1n) is 5.78. The molecule has 6 heteroatoms. The van der Waals surface area contributed by atoms with E-state index in [1.807, 2.05) is 17.5 Å². The first-order valence-corrected chi connectivity index (χ1v) is 6.66. The normalized spacial score (nSPS) is 12.3. The van der Waals surface area contributed by atoms with Gasteiger partial charge < -0.3 is 11.1 Å². The minimum absolute atomic E-state index is 0.0544. The number of anilines is 2. The monoisotopic (exact) mass is 266 g/mol. The number of aromatic nitrogens is 2. The van der Waals surface area contributed by atoms with Crippen molar-refractivity contribution in [1.82, 2.24) is 9.97 Å². The highest BCUT2D eigenvalue weighted by Gasteiger charge is 2.15. The lowest BCUT2D eigenvalue weighted by molar-refractivity contribution is 0.606. The topological polar surface area (TPSA) is 63.8 Å². The van der Waals surface area contributed by atoms with Gasteiger partial charge in [0.2, 0.25) is 5.95 Å². The summed E-state index contributed by atoms with van der Waals surface area (Å²) in [5, 5.41) is 5.10. The lowest BCUT2D eigenvalue weighted by Gasteiger charge is -2.17. The molecule has 0 aromatic carbocycles. The van der Waals surface area contributed by atoms with E-state index < -0.39 is 5.82 Å². The summed E-state index contributed by atoms with van der Waals surface area (Å²) in [5.74, 6) is -0.253. The van der Waals surface area contributed by atoms with Gasteiger partial charge in [-0.15, -0.1) is 11.3 Å². The largest absolute Gasteiger partial charge is 0.368 e. The average molecular weight is 266 g/mol. The molecule has 2 rings (SSSR count). The number of hydrogen-bond acceptors (Lipinski definition) is 5. The third-order valence-electron chi connectivity index (χ3n) is 2.54. The van der Waals surface area contributed by atoms with E-state index in [9.17, 15) is 4.39 Å². The zero-order chi connectivity index (χ0) is 13.0. The molecule has 0 saturated carbocycles. The van der Waals surface area contributed by atoms with Crippen molar-refractivity contribution in [2.45, 2.75) is 25.8 Å². The number of thiophene rings is 1. The predicted octanol–water partition coefficient (Wildman–Crippen LogP) is 3.21. The van der Waals surface area contributed by atoms with Crippen LogP contribution in [0, 0.1) is 5.82 Å². The average Bonchev–Trinajstić information content (AvgIpc) is 2.87. The standard InChI is InChI=1S/C12H15FN4S/c1-2-4-9(10-5-3-6-18-10)16-11-8(13)7-15-12(14)17-11/h3,5-7,9H,2,4H2,1H3,(H3,14,15,16,17). The van der Waals surface area contributed by atoms with E-state index in [2.05, 4.69) is 22.2 Å². The molecule has 2 aromatic heterocycles. The fourth-order valence-electron chi connectivity index (χ4n) is 1.71. The van der Waals surface area contributed by atoms with Gasteiger partial charge in [0.05, 0.1) is 12.2 Å². The minimum atomic E-state index is -0.484. The van der Waals surface area contributed by atoms with Crippen LogP contribution in [0.5, 0.6) is 0 Å². The molecule has 1 atom stereocenters. The summed E-state index contributed by atoms with van der Waals surface area (Å²) in [4.78, 5) is 8.66. The van der Waals surface area contributed by atoms with E-state index in [-0.39, 0.29) is 17.8 Å². The molecule has 3 N–H and O–H groups in total. The van der Waals surface area contributed by atoms with Crippen molar-refractivity contribution in [3.63, 3.8) is 0 Å². The zero-order valence-corrected chi connectivity index (χ0v) is 10.9. The van der Waals surface area contributed by atoms with Crippen molar-refractivity contribution in [1.29, 1.82) is 0 Å². The Morgan fingerprint density at radius 1 is 1.56 bits per heavy atom. The number of rotatable bonds is 5. The van der Waals surface area contributed by atoms with Crippen LogP contribution in [0.3, 0.4) is 0 Å². The molecule has 0 spiro atoms. The van der Waals surface area contributed by atoms with Gasteiger partial charge >= 0.3 is 0 Å². The molecule has 0 aliphatic rings. The maximum Gasteiger partial charge on any atom is 0.222 e. The van der Waals surface area contributed by atoms with Crippen molar-refractivity contribution in [2.24, 2.45) is 0 Å². The van der Waals surface area contributed by atoms with Crippen LogP contribution < -0.4 is 11.1 Å². The second kappa shape index (κ2) is 5.77. The SMILES string of the molecule is CCCC(Nc1nc(N)ncc1F)c1cccs1. The molecule has 0 saturated heterocycles. The summed E-state index contributed by atoms with van der Waals surface area (Å²) >= 11 is 1.64. The molecule has 4 nitrogen and oxygen atoms in total. The molecule has 0 radical (unpaired) electrons. The molecule has 1 unspecified atom stereocenters. The minimum Gasteiger partial charge on any atom is -0.368 e. The predicted molar refractivity (Wildman–Crippen MR) is 72.0 cm³/mol. The highest BCUT2D eigenvalue weighted by atomic mass is 32.1. The lowest BCUT2D eigenvalue weighted by atomic mass is 10.1. The third-order valence-corrected chi connectivity index (χ3v) is 3.52. The smallest absolute Gasteiger partial charge is 0.222 e. The van der Waals surface area contributed by atoms with Crippen LogP contribution in [0.15, 0.2) is 23.7 Å². The first kappa shape index (κ1) is 12.8. The van der Waals surface area contributed by atoms with Crippen LogP contribution in [0.4, 0.5) is 16.2 Å². The molecule has 18 heavy (non-hydrogen) atoms. The second-order valence-corrected chi connectivity index (χ2v) is 4.91. The fourth-order valence-corrected chi connectivity index (χ4v) is 2.52. The van der Waals surface area contributed by atoms with Crippen molar-refractivity contribution in [3.8, 4) is 0 Å². The van der Waals surface area contributed by atoms with E-state index in [4.69, 9.17) is 5.73 Å². The summed E-state index contributed by atoms with van der Waals surface area (Å²) in [6.07, 6.45) is 2.99. The van der Waals surface area contributed by atoms with Crippen molar-refractivity contribution >= 4 is 23.1 Å². The van der Waals surface area contributed by atoms with Gasteiger partial charge in [-0.3, -0.25) is 0 Å². The van der Waals surface area contributed by atoms with Gasteiger partial charge in [0.25, 0.3) is 0 Å². The Labute approximate surface area is 109 Å². The maximum atomic E-state index is 13.6. The lowest BCUT2D eigenvalue weighted by Crippen LogP contribution is -2.13. The van der Waals surface area contributed by atoms with Crippen molar-refractivity contribution in [3.05, 3.63) is 34.4 Å². The molecule has 2 heterocycles. The van der Waals surface area contributed by atoms with Gasteiger partial charge in [-0.1, -0.05) is 19.4 Å². The van der Waals surface area contributed by atoms with Crippen LogP contribution in [-0.4, -0.2) is 9.97 Å². The number of halogens is 1. The Morgan fingerprint density at radius 2 is 2.39 bits per heavy atom. The van der Waals surface area contributed by atoms with E-state index in [0.717, 1.165) is 23.9 Å². The van der Waals surface area contributed by atoms with Crippen molar-refractivity contribution in [2.75, 3.05) is 11.1 Å². The highest BCUT2D eigenvalue weighted by molar-refractivity contribution is 7.10. The third kappa shape index (κ3) is 2.95. The van der Waals surface area contributed by atoms with E-state index in [0.29, 0.717) is 0 Å². The van der Waals surface area contributed by atoms with Gasteiger partial charge in [0.1, 0.15) is 0 Å². The number of nitrogens with one attached hydrogen (secondary N) is 1. The zero-order valence-electron chi connectivity index (χ0n) is 10.1. The van der Waals surface area contributed by atoms with Gasteiger partial charge in [-0.2, -0.15) is 4.98 Å².